The lowest BCUT2D eigenvalue weighted by atomic mass is 10.1. The summed E-state index contributed by atoms with van der Waals surface area (Å²) in [5.41, 5.74) is 2.38. The van der Waals surface area contributed by atoms with Crippen LogP contribution in [0.25, 0.3) is 0 Å². The maximum Gasteiger partial charge on any atom is 0.0740 e. The molecule has 1 aromatic carbocycles. The number of rotatable bonds is 2. The summed E-state index contributed by atoms with van der Waals surface area (Å²) in [6.45, 7) is 4.20. The average Bonchev–Trinajstić information content (AvgIpc) is 2.59. The van der Waals surface area contributed by atoms with E-state index in [1.807, 2.05) is 17.7 Å². The molecule has 2 rings (SSSR count). The molecular formula is C12H13IN2. The molecule has 0 unspecified atom stereocenters. The molecule has 0 aliphatic heterocycles. The smallest absolute Gasteiger partial charge is 0.0740 e. The molecule has 2 nitrogen and oxygen atoms in total. The summed E-state index contributed by atoms with van der Waals surface area (Å²) < 4.78 is 3.24. The Kier molecular flexibility index (Phi) is 3.09. The molecule has 0 radical (unpaired) electrons. The fourth-order valence-corrected chi connectivity index (χ4v) is 1.94. The molecule has 0 amide bonds. The Morgan fingerprint density at radius 2 is 1.93 bits per heavy atom. The van der Waals surface area contributed by atoms with Crippen LogP contribution in [0.15, 0.2) is 36.5 Å². The average molecular weight is 312 g/mol. The Hall–Kier alpha value is -0.840. The minimum absolute atomic E-state index is 0.299. The Morgan fingerprint density at radius 1 is 1.27 bits per heavy atom. The number of benzene rings is 1. The first-order chi connectivity index (χ1) is 7.18. The van der Waals surface area contributed by atoms with Crippen LogP contribution < -0.4 is 0 Å². The van der Waals surface area contributed by atoms with Crippen molar-refractivity contribution in [2.45, 2.75) is 19.9 Å². The predicted molar refractivity (Wildman–Crippen MR) is 69.9 cm³/mol. The summed E-state index contributed by atoms with van der Waals surface area (Å²) in [6.07, 6.45) is 2.09. The molecule has 0 saturated heterocycles. The van der Waals surface area contributed by atoms with E-state index < -0.39 is 0 Å². The number of hydrogen-bond donors (Lipinski definition) is 0. The first kappa shape index (κ1) is 10.7. The van der Waals surface area contributed by atoms with Crippen molar-refractivity contribution in [3.8, 4) is 0 Å². The fourth-order valence-electron chi connectivity index (χ4n) is 1.54. The Balaban J connectivity index is 2.32. The highest BCUT2D eigenvalue weighted by Crippen LogP contribution is 2.19. The zero-order valence-electron chi connectivity index (χ0n) is 8.81. The molecule has 0 fully saturated rings. The minimum atomic E-state index is 0.299. The van der Waals surface area contributed by atoms with E-state index in [1.54, 1.807) is 0 Å². The van der Waals surface area contributed by atoms with Gasteiger partial charge in [-0.3, -0.25) is 4.68 Å². The van der Waals surface area contributed by atoms with Gasteiger partial charge in [0.25, 0.3) is 0 Å². The van der Waals surface area contributed by atoms with E-state index in [1.165, 1.54) is 9.13 Å². The third kappa shape index (κ3) is 2.22. The van der Waals surface area contributed by atoms with E-state index in [-0.39, 0.29) is 0 Å². The van der Waals surface area contributed by atoms with E-state index in [4.69, 9.17) is 0 Å². The van der Waals surface area contributed by atoms with Crippen molar-refractivity contribution in [2.75, 3.05) is 0 Å². The van der Waals surface area contributed by atoms with Crippen molar-refractivity contribution >= 4 is 22.6 Å². The lowest BCUT2D eigenvalue weighted by Gasteiger charge is -2.11. The zero-order chi connectivity index (χ0) is 10.8. The highest BCUT2D eigenvalue weighted by Gasteiger charge is 2.09. The summed E-state index contributed by atoms with van der Waals surface area (Å²) >= 11 is 2.31. The SMILES string of the molecule is Cc1nn([C@H](C)c2ccccc2)cc1I. The van der Waals surface area contributed by atoms with Gasteiger partial charge < -0.3 is 0 Å². The van der Waals surface area contributed by atoms with Gasteiger partial charge in [0.05, 0.1) is 15.3 Å². The van der Waals surface area contributed by atoms with Gasteiger partial charge in [-0.25, -0.2) is 0 Å². The normalized spacial score (nSPS) is 12.7. The standard InChI is InChI=1S/C12H13IN2/c1-9-12(13)8-15(14-9)10(2)11-6-4-3-5-7-11/h3-8,10H,1-2H3/t10-/m1/s1. The number of nitrogens with zero attached hydrogens (tertiary/aromatic N) is 2. The van der Waals surface area contributed by atoms with Gasteiger partial charge in [0.15, 0.2) is 0 Å². The molecule has 1 aromatic heterocycles. The Morgan fingerprint density at radius 3 is 2.47 bits per heavy atom. The minimum Gasteiger partial charge on any atom is -0.264 e. The van der Waals surface area contributed by atoms with Gasteiger partial charge in [0.2, 0.25) is 0 Å². The molecule has 0 aliphatic rings. The number of aromatic nitrogens is 2. The predicted octanol–water partition coefficient (Wildman–Crippen LogP) is 3.41. The second kappa shape index (κ2) is 4.35. The summed E-state index contributed by atoms with van der Waals surface area (Å²) in [6, 6.07) is 10.7. The van der Waals surface area contributed by atoms with E-state index in [2.05, 4.69) is 65.1 Å². The topological polar surface area (TPSA) is 17.8 Å². The van der Waals surface area contributed by atoms with Crippen LogP contribution in [0.5, 0.6) is 0 Å². The highest BCUT2D eigenvalue weighted by molar-refractivity contribution is 14.1. The Labute approximate surface area is 103 Å². The molecule has 15 heavy (non-hydrogen) atoms. The molecule has 0 saturated carbocycles. The van der Waals surface area contributed by atoms with Crippen LogP contribution in [0.4, 0.5) is 0 Å². The van der Waals surface area contributed by atoms with Crippen LogP contribution in [0.3, 0.4) is 0 Å². The molecule has 0 bridgehead atoms. The molecule has 0 aliphatic carbocycles. The van der Waals surface area contributed by atoms with E-state index >= 15 is 0 Å². The third-order valence-electron chi connectivity index (χ3n) is 2.54. The van der Waals surface area contributed by atoms with E-state index in [0.29, 0.717) is 6.04 Å². The molecule has 0 N–H and O–H groups in total. The summed E-state index contributed by atoms with van der Waals surface area (Å²) in [7, 11) is 0. The van der Waals surface area contributed by atoms with Gasteiger partial charge >= 0.3 is 0 Å². The first-order valence-corrected chi connectivity index (χ1v) is 6.02. The molecule has 1 heterocycles. The van der Waals surface area contributed by atoms with Crippen LogP contribution in [0.2, 0.25) is 0 Å². The first-order valence-electron chi connectivity index (χ1n) is 4.94. The summed E-state index contributed by atoms with van der Waals surface area (Å²) in [4.78, 5) is 0. The van der Waals surface area contributed by atoms with Gasteiger partial charge in [-0.05, 0) is 42.0 Å². The quantitative estimate of drug-likeness (QED) is 0.777. The number of aryl methyl sites for hydroxylation is 1. The van der Waals surface area contributed by atoms with E-state index in [9.17, 15) is 0 Å². The molecular weight excluding hydrogens is 299 g/mol. The van der Waals surface area contributed by atoms with Crippen molar-refractivity contribution in [2.24, 2.45) is 0 Å². The lowest BCUT2D eigenvalue weighted by Crippen LogP contribution is -2.07. The zero-order valence-corrected chi connectivity index (χ0v) is 11.0. The van der Waals surface area contributed by atoms with Gasteiger partial charge in [-0.1, -0.05) is 30.3 Å². The maximum atomic E-state index is 4.50. The van der Waals surface area contributed by atoms with Crippen LogP contribution in [-0.4, -0.2) is 9.78 Å². The summed E-state index contributed by atoms with van der Waals surface area (Å²) in [5.74, 6) is 0. The fraction of sp³-hybridized carbons (Fsp3) is 0.250. The van der Waals surface area contributed by atoms with Crippen molar-refractivity contribution < 1.29 is 0 Å². The van der Waals surface area contributed by atoms with Gasteiger partial charge in [0.1, 0.15) is 0 Å². The second-order valence-electron chi connectivity index (χ2n) is 3.63. The van der Waals surface area contributed by atoms with Gasteiger partial charge in [0, 0.05) is 6.20 Å². The molecule has 2 aromatic rings. The number of hydrogen-bond acceptors (Lipinski definition) is 1. The van der Waals surface area contributed by atoms with Crippen molar-refractivity contribution in [1.82, 2.24) is 9.78 Å². The third-order valence-corrected chi connectivity index (χ3v) is 3.59. The molecule has 0 spiro atoms. The van der Waals surface area contributed by atoms with Gasteiger partial charge in [-0.15, -0.1) is 0 Å². The van der Waals surface area contributed by atoms with Gasteiger partial charge in [-0.2, -0.15) is 5.10 Å². The molecule has 78 valence electrons. The second-order valence-corrected chi connectivity index (χ2v) is 4.79. The monoisotopic (exact) mass is 312 g/mol. The highest BCUT2D eigenvalue weighted by atomic mass is 127. The number of halogens is 1. The maximum absolute atomic E-state index is 4.50. The largest absolute Gasteiger partial charge is 0.264 e. The molecule has 1 atom stereocenters. The van der Waals surface area contributed by atoms with Crippen LogP contribution in [0, 0.1) is 10.5 Å². The Bertz CT molecular complexity index is 428. The van der Waals surface area contributed by atoms with Crippen LogP contribution >= 0.6 is 22.6 Å². The van der Waals surface area contributed by atoms with Crippen LogP contribution in [-0.2, 0) is 0 Å². The van der Waals surface area contributed by atoms with Crippen LogP contribution in [0.1, 0.15) is 24.2 Å². The molecule has 3 heteroatoms. The van der Waals surface area contributed by atoms with Crippen molar-refractivity contribution in [3.63, 3.8) is 0 Å². The van der Waals surface area contributed by atoms with E-state index in [0.717, 1.165) is 5.69 Å². The summed E-state index contributed by atoms with van der Waals surface area (Å²) in [5, 5.41) is 4.50. The van der Waals surface area contributed by atoms with Crippen molar-refractivity contribution in [1.29, 1.82) is 0 Å². The van der Waals surface area contributed by atoms with Crippen molar-refractivity contribution in [3.05, 3.63) is 51.4 Å². The lowest BCUT2D eigenvalue weighted by molar-refractivity contribution is 0.560.